The SMILES string of the molecule is CC#Cc1cc(C)c(C2C(=O)CC3(CCN(C(=O)C4CC(C)=NO4)CC3)CC2=O)c(C)c1. The highest BCUT2D eigenvalue weighted by Crippen LogP contribution is 2.46. The number of carbonyl (C=O) groups is 3. The van der Waals surface area contributed by atoms with Crippen LogP contribution in [0.25, 0.3) is 0 Å². The number of rotatable bonds is 2. The third-order valence-corrected chi connectivity index (χ3v) is 7.12. The standard InChI is InChI=1S/C26H30N2O4/c1-5-6-19-11-16(2)23(17(3)12-19)24-20(29)14-26(15-21(24)30)7-9-28(10-8-26)25(31)22-13-18(4)27-32-22/h11-12,22,24H,7-10,13-15H2,1-4H3. The second-order valence-electron chi connectivity index (χ2n) is 9.57. The molecule has 6 nitrogen and oxygen atoms in total. The predicted octanol–water partition coefficient (Wildman–Crippen LogP) is 3.46. The summed E-state index contributed by atoms with van der Waals surface area (Å²) in [6.45, 7) is 8.64. The van der Waals surface area contributed by atoms with Crippen LogP contribution in [0.5, 0.6) is 0 Å². The maximum atomic E-state index is 13.3. The van der Waals surface area contributed by atoms with Gasteiger partial charge in [0.2, 0.25) is 6.10 Å². The van der Waals surface area contributed by atoms with Crippen molar-refractivity contribution in [2.45, 2.75) is 71.8 Å². The number of amides is 1. The molecule has 1 saturated heterocycles. The van der Waals surface area contributed by atoms with E-state index in [1.165, 1.54) is 0 Å². The van der Waals surface area contributed by atoms with Crippen LogP contribution in [0, 0.1) is 31.1 Å². The van der Waals surface area contributed by atoms with Crippen LogP contribution in [0.3, 0.4) is 0 Å². The molecule has 0 aromatic heterocycles. The Morgan fingerprint density at radius 2 is 1.69 bits per heavy atom. The van der Waals surface area contributed by atoms with Gasteiger partial charge in [-0.3, -0.25) is 14.4 Å². The fourth-order valence-corrected chi connectivity index (χ4v) is 5.54. The molecule has 32 heavy (non-hydrogen) atoms. The number of benzene rings is 1. The Hall–Kier alpha value is -2.94. The second-order valence-corrected chi connectivity index (χ2v) is 9.57. The number of nitrogens with zero attached hydrogens (tertiary/aromatic N) is 2. The van der Waals surface area contributed by atoms with Crippen molar-refractivity contribution in [2.24, 2.45) is 10.6 Å². The van der Waals surface area contributed by atoms with E-state index in [-0.39, 0.29) is 22.9 Å². The zero-order chi connectivity index (χ0) is 23.0. The van der Waals surface area contributed by atoms with Gasteiger partial charge in [0, 0.05) is 37.9 Å². The van der Waals surface area contributed by atoms with E-state index in [1.54, 1.807) is 11.8 Å². The van der Waals surface area contributed by atoms with E-state index in [4.69, 9.17) is 4.84 Å². The Balaban J connectivity index is 1.46. The van der Waals surface area contributed by atoms with Gasteiger partial charge in [0.25, 0.3) is 5.91 Å². The normalized spacial score (nSPS) is 22.9. The van der Waals surface area contributed by atoms with Gasteiger partial charge in [-0.25, -0.2) is 0 Å². The smallest absolute Gasteiger partial charge is 0.266 e. The van der Waals surface area contributed by atoms with Crippen LogP contribution >= 0.6 is 0 Å². The summed E-state index contributed by atoms with van der Waals surface area (Å²) in [5.41, 5.74) is 4.13. The summed E-state index contributed by atoms with van der Waals surface area (Å²) < 4.78 is 0. The lowest BCUT2D eigenvalue weighted by Gasteiger charge is -2.45. The molecule has 2 heterocycles. The molecule has 2 aliphatic heterocycles. The number of oxime groups is 1. The number of hydrogen-bond acceptors (Lipinski definition) is 5. The molecule has 1 aromatic carbocycles. The van der Waals surface area contributed by atoms with E-state index in [0.717, 1.165) is 28.0 Å². The molecule has 1 aromatic rings. The van der Waals surface area contributed by atoms with Gasteiger partial charge in [-0.1, -0.05) is 11.1 Å². The molecule has 0 radical (unpaired) electrons. The van der Waals surface area contributed by atoms with Crippen LogP contribution in [-0.2, 0) is 19.2 Å². The lowest BCUT2D eigenvalue weighted by molar-refractivity contribution is -0.146. The summed E-state index contributed by atoms with van der Waals surface area (Å²) in [7, 11) is 0. The number of aryl methyl sites for hydroxylation is 2. The van der Waals surface area contributed by atoms with Gasteiger partial charge in [-0.15, -0.1) is 5.92 Å². The third-order valence-electron chi connectivity index (χ3n) is 7.12. The topological polar surface area (TPSA) is 76.0 Å². The first-order valence-electron chi connectivity index (χ1n) is 11.3. The molecule has 1 spiro atoms. The highest BCUT2D eigenvalue weighted by atomic mass is 16.6. The van der Waals surface area contributed by atoms with E-state index in [1.807, 2.05) is 32.9 Å². The molecule has 0 N–H and O–H groups in total. The molecule has 4 rings (SSSR count). The van der Waals surface area contributed by atoms with E-state index in [9.17, 15) is 14.4 Å². The van der Waals surface area contributed by atoms with Crippen molar-refractivity contribution in [3.05, 3.63) is 34.4 Å². The van der Waals surface area contributed by atoms with Gasteiger partial charge in [-0.2, -0.15) is 0 Å². The zero-order valence-electron chi connectivity index (χ0n) is 19.3. The molecule has 1 amide bonds. The Bertz CT molecular complexity index is 1020. The second kappa shape index (κ2) is 8.54. The highest BCUT2D eigenvalue weighted by molar-refractivity contribution is 6.10. The largest absolute Gasteiger partial charge is 0.382 e. The van der Waals surface area contributed by atoms with Gasteiger partial charge in [0.15, 0.2) is 0 Å². The summed E-state index contributed by atoms with van der Waals surface area (Å²) in [5, 5.41) is 3.88. The van der Waals surface area contributed by atoms with Gasteiger partial charge in [0.1, 0.15) is 17.5 Å². The lowest BCUT2D eigenvalue weighted by Crippen LogP contribution is -2.50. The molecular weight excluding hydrogens is 404 g/mol. The van der Waals surface area contributed by atoms with Crippen molar-refractivity contribution < 1.29 is 19.2 Å². The first kappa shape index (κ1) is 22.3. The average Bonchev–Trinajstić information content (AvgIpc) is 3.16. The number of carbonyl (C=O) groups excluding carboxylic acids is 3. The number of hydrogen-bond donors (Lipinski definition) is 0. The Labute approximate surface area is 189 Å². The minimum atomic E-state index is -0.684. The monoisotopic (exact) mass is 434 g/mol. The predicted molar refractivity (Wildman–Crippen MR) is 121 cm³/mol. The Morgan fingerprint density at radius 1 is 1.09 bits per heavy atom. The van der Waals surface area contributed by atoms with E-state index in [0.29, 0.717) is 45.2 Å². The molecular formula is C26H30N2O4. The quantitative estimate of drug-likeness (QED) is 0.528. The molecule has 1 aliphatic carbocycles. The Morgan fingerprint density at radius 3 is 2.19 bits per heavy atom. The fraction of sp³-hybridized carbons (Fsp3) is 0.538. The molecule has 3 aliphatic rings. The summed E-state index contributed by atoms with van der Waals surface area (Å²) >= 11 is 0. The maximum Gasteiger partial charge on any atom is 0.266 e. The van der Waals surface area contributed by atoms with Gasteiger partial charge in [-0.05, 0) is 74.8 Å². The van der Waals surface area contributed by atoms with Gasteiger partial charge < -0.3 is 9.74 Å². The highest BCUT2D eigenvalue weighted by Gasteiger charge is 2.48. The van der Waals surface area contributed by atoms with Crippen LogP contribution in [-0.4, -0.2) is 47.3 Å². The van der Waals surface area contributed by atoms with E-state index < -0.39 is 12.0 Å². The van der Waals surface area contributed by atoms with Gasteiger partial charge in [0.05, 0.1) is 5.71 Å². The molecule has 6 heteroatoms. The van der Waals surface area contributed by atoms with Crippen molar-refractivity contribution >= 4 is 23.2 Å². The van der Waals surface area contributed by atoms with Gasteiger partial charge >= 0.3 is 0 Å². The van der Waals surface area contributed by atoms with Crippen molar-refractivity contribution in [3.8, 4) is 11.8 Å². The molecule has 1 atom stereocenters. The average molecular weight is 435 g/mol. The number of Topliss-reactive ketones (excluding diaryl/α,β-unsaturated/α-hetero) is 2. The fourth-order valence-electron chi connectivity index (χ4n) is 5.54. The van der Waals surface area contributed by atoms with Crippen molar-refractivity contribution in [1.82, 2.24) is 4.90 Å². The first-order valence-corrected chi connectivity index (χ1v) is 11.3. The summed E-state index contributed by atoms with van der Waals surface area (Å²) in [4.78, 5) is 46.3. The molecule has 1 saturated carbocycles. The maximum absolute atomic E-state index is 13.3. The van der Waals surface area contributed by atoms with Crippen LogP contribution in [0.1, 0.15) is 74.1 Å². The molecule has 168 valence electrons. The van der Waals surface area contributed by atoms with Crippen LogP contribution in [0.15, 0.2) is 17.3 Å². The van der Waals surface area contributed by atoms with E-state index in [2.05, 4.69) is 17.0 Å². The lowest BCUT2D eigenvalue weighted by atomic mass is 9.62. The summed E-state index contributed by atoms with van der Waals surface area (Å²) in [6.07, 6.45) is 2.11. The number of ketones is 2. The molecule has 1 unspecified atom stereocenters. The van der Waals surface area contributed by atoms with Crippen molar-refractivity contribution in [3.63, 3.8) is 0 Å². The minimum Gasteiger partial charge on any atom is -0.382 e. The zero-order valence-corrected chi connectivity index (χ0v) is 19.3. The third kappa shape index (κ3) is 4.09. The number of piperidine rings is 1. The Kier molecular flexibility index (Phi) is 5.94. The van der Waals surface area contributed by atoms with Crippen LogP contribution < -0.4 is 0 Å². The van der Waals surface area contributed by atoms with Crippen molar-refractivity contribution in [1.29, 1.82) is 0 Å². The minimum absolute atomic E-state index is 0.00435. The van der Waals surface area contributed by atoms with Crippen LogP contribution in [0.4, 0.5) is 0 Å². The molecule has 0 bridgehead atoms. The summed E-state index contributed by atoms with van der Waals surface area (Å²) in [6, 6.07) is 3.93. The number of likely N-dealkylation sites (tertiary alicyclic amines) is 1. The van der Waals surface area contributed by atoms with Crippen LogP contribution in [0.2, 0.25) is 0 Å². The van der Waals surface area contributed by atoms with E-state index >= 15 is 0 Å². The van der Waals surface area contributed by atoms with Crippen molar-refractivity contribution in [2.75, 3.05) is 13.1 Å². The summed E-state index contributed by atoms with van der Waals surface area (Å²) in [5.74, 6) is 5.23. The molecule has 2 fully saturated rings. The first-order chi connectivity index (χ1) is 15.2.